The number of fused-ring (bicyclic) bond motifs is 1. The number of carbonyl (C=O) groups excluding carboxylic acids is 1. The molecule has 0 saturated carbocycles. The maximum Gasteiger partial charge on any atom is 0.490 e. The Hall–Kier alpha value is -4.25. The number of aromatic amines is 1. The van der Waals surface area contributed by atoms with Gasteiger partial charge in [0.1, 0.15) is 17.6 Å². The molecule has 0 saturated heterocycles. The fraction of sp³-hybridized carbons (Fsp3) is 0.370. The predicted molar refractivity (Wildman–Crippen MR) is 144 cm³/mol. The zero-order valence-corrected chi connectivity index (χ0v) is 23.8. The molecule has 218 valence electrons. The molecule has 0 spiro atoms. The normalized spacial score (nSPS) is 12.9. The first kappa shape index (κ1) is 31.3. The number of rotatable bonds is 6. The van der Waals surface area contributed by atoms with Gasteiger partial charge in [-0.05, 0) is 58.4 Å². The van der Waals surface area contributed by atoms with Gasteiger partial charge in [0.2, 0.25) is 0 Å². The van der Waals surface area contributed by atoms with Crippen molar-refractivity contribution in [2.75, 3.05) is 0 Å². The van der Waals surface area contributed by atoms with E-state index >= 15 is 0 Å². The standard InChI is InChI=1S/C21H20N6O2S.C6H9F3O2/c1-14(2)30(28,29)17-5-3-4-15(10-17)19(6-8-22)27-12-16(11-26-27)20-18-7-9-23-21(18)25-13-24-20;1-5(2,3)11-4(10)6(7,8)9/h3-5,7,9-14,19H,6H2,1-2H3,(H,23,24,25);1-3H3. The first-order valence-electron chi connectivity index (χ1n) is 12.4. The molecule has 0 aliphatic rings. The highest BCUT2D eigenvalue weighted by molar-refractivity contribution is 7.92. The smallest absolute Gasteiger partial charge is 0.453 e. The zero-order valence-electron chi connectivity index (χ0n) is 23.0. The van der Waals surface area contributed by atoms with E-state index in [1.165, 1.54) is 27.1 Å². The molecule has 4 aromatic rings. The number of hydrogen-bond acceptors (Lipinski definition) is 8. The Morgan fingerprint density at radius 3 is 2.46 bits per heavy atom. The number of nitrogens with zero attached hydrogens (tertiary/aromatic N) is 5. The number of nitrogens with one attached hydrogen (secondary N) is 1. The van der Waals surface area contributed by atoms with E-state index in [-0.39, 0.29) is 11.3 Å². The van der Waals surface area contributed by atoms with Crippen LogP contribution >= 0.6 is 0 Å². The molecular formula is C27H29F3N6O4S. The summed E-state index contributed by atoms with van der Waals surface area (Å²) in [6.07, 6.45) is 2.04. The lowest BCUT2D eigenvalue weighted by Crippen LogP contribution is -2.33. The fourth-order valence-electron chi connectivity index (χ4n) is 3.69. The monoisotopic (exact) mass is 590 g/mol. The van der Waals surface area contributed by atoms with Crippen LogP contribution in [-0.4, -0.2) is 56.1 Å². The number of hydrogen-bond donors (Lipinski definition) is 1. The molecule has 1 aromatic carbocycles. The fourth-order valence-corrected chi connectivity index (χ4v) is 4.80. The van der Waals surface area contributed by atoms with Crippen LogP contribution in [0.25, 0.3) is 22.3 Å². The van der Waals surface area contributed by atoms with Crippen molar-refractivity contribution in [2.45, 2.75) is 69.0 Å². The molecule has 0 amide bonds. The molecule has 0 radical (unpaired) electrons. The van der Waals surface area contributed by atoms with Crippen LogP contribution in [0, 0.1) is 11.3 Å². The van der Waals surface area contributed by atoms with Crippen molar-refractivity contribution < 1.29 is 31.1 Å². The van der Waals surface area contributed by atoms with Crippen LogP contribution in [0.15, 0.2) is 60.1 Å². The minimum atomic E-state index is -4.90. The van der Waals surface area contributed by atoms with E-state index in [2.05, 4.69) is 30.9 Å². The molecule has 4 rings (SSSR count). The molecule has 14 heteroatoms. The Kier molecular flexibility index (Phi) is 9.23. The number of esters is 1. The number of ether oxygens (including phenoxy) is 1. The van der Waals surface area contributed by atoms with Crippen LogP contribution in [0.2, 0.25) is 0 Å². The number of aromatic nitrogens is 5. The second-order valence-electron chi connectivity index (χ2n) is 10.2. The summed E-state index contributed by atoms with van der Waals surface area (Å²) in [7, 11) is -3.42. The minimum absolute atomic E-state index is 0.148. The Balaban J connectivity index is 0.000000358. The maximum atomic E-state index is 12.6. The van der Waals surface area contributed by atoms with Gasteiger partial charge in [-0.25, -0.2) is 23.2 Å². The average molecular weight is 591 g/mol. The summed E-state index contributed by atoms with van der Waals surface area (Å²) >= 11 is 0. The lowest BCUT2D eigenvalue weighted by Gasteiger charge is -2.19. The first-order chi connectivity index (χ1) is 19.0. The largest absolute Gasteiger partial charge is 0.490 e. The number of carbonyl (C=O) groups is 1. The Bertz CT molecular complexity index is 1660. The van der Waals surface area contributed by atoms with E-state index in [0.717, 1.165) is 22.3 Å². The molecule has 1 unspecified atom stereocenters. The average Bonchev–Trinajstić information content (AvgIpc) is 3.56. The summed E-state index contributed by atoms with van der Waals surface area (Å²) in [5.41, 5.74) is 1.87. The number of nitriles is 1. The number of halogens is 3. The van der Waals surface area contributed by atoms with Crippen molar-refractivity contribution in [3.05, 3.63) is 60.8 Å². The Morgan fingerprint density at radius 2 is 1.88 bits per heavy atom. The molecular weight excluding hydrogens is 561 g/mol. The third-order valence-electron chi connectivity index (χ3n) is 5.66. The summed E-state index contributed by atoms with van der Waals surface area (Å²) < 4.78 is 65.4. The molecule has 1 N–H and O–H groups in total. The van der Waals surface area contributed by atoms with E-state index in [1.807, 2.05) is 18.3 Å². The highest BCUT2D eigenvalue weighted by Crippen LogP contribution is 2.29. The van der Waals surface area contributed by atoms with Crippen molar-refractivity contribution in [3.8, 4) is 17.3 Å². The molecule has 0 bridgehead atoms. The van der Waals surface area contributed by atoms with E-state index in [1.54, 1.807) is 49.1 Å². The summed E-state index contributed by atoms with van der Waals surface area (Å²) in [6.45, 7) is 7.42. The van der Waals surface area contributed by atoms with Crippen LogP contribution in [0.3, 0.4) is 0 Å². The molecule has 0 aliphatic heterocycles. The molecule has 1 atom stereocenters. The van der Waals surface area contributed by atoms with Gasteiger partial charge < -0.3 is 9.72 Å². The SMILES string of the molecule is CC(C)(C)OC(=O)C(F)(F)F.CC(C)S(=O)(=O)c1cccc(C(CC#N)n2cc(-c3ncnc4[nH]ccc34)cn2)c1. The van der Waals surface area contributed by atoms with Crippen molar-refractivity contribution in [2.24, 2.45) is 0 Å². The molecule has 3 aromatic heterocycles. The maximum absolute atomic E-state index is 12.6. The summed E-state index contributed by atoms with van der Waals surface area (Å²) in [5.74, 6) is -2.15. The van der Waals surface area contributed by atoms with Crippen LogP contribution < -0.4 is 0 Å². The topological polar surface area (TPSA) is 144 Å². The van der Waals surface area contributed by atoms with Gasteiger partial charge in [0.15, 0.2) is 9.84 Å². The third kappa shape index (κ3) is 7.69. The number of benzene rings is 1. The minimum Gasteiger partial charge on any atom is -0.453 e. The van der Waals surface area contributed by atoms with Crippen LogP contribution in [0.1, 0.15) is 52.6 Å². The van der Waals surface area contributed by atoms with E-state index in [0.29, 0.717) is 5.56 Å². The predicted octanol–water partition coefficient (Wildman–Crippen LogP) is 5.40. The van der Waals surface area contributed by atoms with Crippen molar-refractivity contribution in [3.63, 3.8) is 0 Å². The van der Waals surface area contributed by atoms with Gasteiger partial charge in [0.25, 0.3) is 0 Å². The summed E-state index contributed by atoms with van der Waals surface area (Å²) in [6, 6.07) is 10.4. The molecule has 41 heavy (non-hydrogen) atoms. The van der Waals surface area contributed by atoms with Gasteiger partial charge in [-0.15, -0.1) is 0 Å². The molecule has 0 fully saturated rings. The number of H-pyrrole nitrogens is 1. The molecule has 3 heterocycles. The number of sulfone groups is 1. The van der Waals surface area contributed by atoms with Gasteiger partial charge in [0.05, 0.1) is 40.6 Å². The summed E-state index contributed by atoms with van der Waals surface area (Å²) in [4.78, 5) is 22.0. The van der Waals surface area contributed by atoms with Gasteiger partial charge in [0, 0.05) is 23.3 Å². The van der Waals surface area contributed by atoms with E-state index < -0.39 is 38.9 Å². The second-order valence-corrected chi connectivity index (χ2v) is 12.7. The lowest BCUT2D eigenvalue weighted by molar-refractivity contribution is -0.210. The van der Waals surface area contributed by atoms with Gasteiger partial charge in [-0.1, -0.05) is 12.1 Å². The Morgan fingerprint density at radius 1 is 1.17 bits per heavy atom. The summed E-state index contributed by atoms with van der Waals surface area (Å²) in [5, 5.41) is 14.2. The molecule has 0 aliphatic carbocycles. The first-order valence-corrected chi connectivity index (χ1v) is 13.9. The quantitative estimate of drug-likeness (QED) is 0.294. The van der Waals surface area contributed by atoms with Gasteiger partial charge in [-0.2, -0.15) is 23.5 Å². The van der Waals surface area contributed by atoms with Gasteiger partial charge in [-0.3, -0.25) is 4.68 Å². The van der Waals surface area contributed by atoms with E-state index in [4.69, 9.17) is 0 Å². The highest BCUT2D eigenvalue weighted by atomic mass is 32.2. The van der Waals surface area contributed by atoms with Crippen molar-refractivity contribution >= 4 is 26.8 Å². The van der Waals surface area contributed by atoms with E-state index in [9.17, 15) is 31.6 Å². The lowest BCUT2D eigenvalue weighted by atomic mass is 10.0. The van der Waals surface area contributed by atoms with Crippen molar-refractivity contribution in [1.29, 1.82) is 5.26 Å². The van der Waals surface area contributed by atoms with Crippen LogP contribution in [0.5, 0.6) is 0 Å². The Labute approximate surface area is 235 Å². The zero-order chi connectivity index (χ0) is 30.6. The van der Waals surface area contributed by atoms with Gasteiger partial charge >= 0.3 is 12.1 Å². The second kappa shape index (κ2) is 12.1. The van der Waals surface area contributed by atoms with Crippen LogP contribution in [0.4, 0.5) is 13.2 Å². The third-order valence-corrected chi connectivity index (χ3v) is 7.81. The highest BCUT2D eigenvalue weighted by Gasteiger charge is 2.42. The number of alkyl halides is 3. The van der Waals surface area contributed by atoms with Crippen LogP contribution in [-0.2, 0) is 19.4 Å². The van der Waals surface area contributed by atoms with Crippen molar-refractivity contribution in [1.82, 2.24) is 24.7 Å². The molecule has 10 nitrogen and oxygen atoms in total.